The maximum absolute atomic E-state index is 13.6. The largest absolute Gasteiger partial charge is 0.356 e. The van der Waals surface area contributed by atoms with Crippen LogP contribution in [0.4, 0.5) is 4.39 Å². The third kappa shape index (κ3) is 7.77. The number of carbonyl (C=O) groups excluding carboxylic acids is 2. The summed E-state index contributed by atoms with van der Waals surface area (Å²) in [6.07, 6.45) is 3.92. The molecule has 1 aromatic rings. The number of nitrogens with one attached hydrogen (secondary N) is 1. The summed E-state index contributed by atoms with van der Waals surface area (Å²) in [5, 5.41) is 2.86. The van der Waals surface area contributed by atoms with Gasteiger partial charge in [0.2, 0.25) is 11.8 Å². The van der Waals surface area contributed by atoms with Crippen molar-refractivity contribution in [2.45, 2.75) is 46.0 Å². The van der Waals surface area contributed by atoms with Crippen molar-refractivity contribution in [3.63, 3.8) is 0 Å². The van der Waals surface area contributed by atoms with E-state index in [0.717, 1.165) is 19.3 Å². The molecule has 0 aliphatic rings. The Morgan fingerprint density at radius 2 is 1.91 bits per heavy atom. The maximum atomic E-state index is 13.6. The Balaban J connectivity index is 2.36. The van der Waals surface area contributed by atoms with Gasteiger partial charge in [0.05, 0.1) is 0 Å². The number of rotatable bonds is 10. The number of benzene rings is 1. The molecular formula is C18H27FN2O2. The minimum atomic E-state index is -0.260. The van der Waals surface area contributed by atoms with Gasteiger partial charge in [-0.3, -0.25) is 9.59 Å². The number of unbranched alkanes of at least 4 members (excludes halogenated alkanes) is 2. The fourth-order valence-electron chi connectivity index (χ4n) is 2.31. The monoisotopic (exact) mass is 322 g/mol. The second kappa shape index (κ2) is 10.8. The molecule has 0 aromatic heterocycles. The molecule has 0 heterocycles. The van der Waals surface area contributed by atoms with Crippen molar-refractivity contribution in [3.8, 4) is 0 Å². The van der Waals surface area contributed by atoms with Crippen LogP contribution in [0.3, 0.4) is 0 Å². The van der Waals surface area contributed by atoms with Crippen LogP contribution in [0.15, 0.2) is 24.3 Å². The topological polar surface area (TPSA) is 49.4 Å². The fourth-order valence-corrected chi connectivity index (χ4v) is 2.31. The highest BCUT2D eigenvalue weighted by Crippen LogP contribution is 2.08. The molecule has 0 aliphatic carbocycles. The summed E-state index contributed by atoms with van der Waals surface area (Å²) in [5.41, 5.74) is 0.586. The average molecular weight is 322 g/mol. The van der Waals surface area contributed by atoms with Crippen molar-refractivity contribution in [3.05, 3.63) is 35.6 Å². The zero-order valence-electron chi connectivity index (χ0n) is 14.1. The van der Waals surface area contributed by atoms with Gasteiger partial charge < -0.3 is 10.2 Å². The molecule has 4 nitrogen and oxygen atoms in total. The molecule has 128 valence electrons. The van der Waals surface area contributed by atoms with Gasteiger partial charge in [-0.15, -0.1) is 0 Å². The van der Waals surface area contributed by atoms with Crippen LogP contribution in [0, 0.1) is 5.82 Å². The summed E-state index contributed by atoms with van der Waals surface area (Å²) in [6, 6.07) is 6.55. The molecule has 2 amide bonds. The Morgan fingerprint density at radius 3 is 2.57 bits per heavy atom. The molecule has 0 fully saturated rings. The Kier molecular flexibility index (Phi) is 8.95. The van der Waals surface area contributed by atoms with Gasteiger partial charge >= 0.3 is 0 Å². The normalized spacial score (nSPS) is 10.4. The summed E-state index contributed by atoms with van der Waals surface area (Å²) in [7, 11) is 0. The van der Waals surface area contributed by atoms with E-state index in [9.17, 15) is 14.0 Å². The lowest BCUT2D eigenvalue weighted by atomic mass is 10.1. The summed E-state index contributed by atoms with van der Waals surface area (Å²) >= 11 is 0. The minimum absolute atomic E-state index is 0.0433. The molecule has 0 radical (unpaired) electrons. The zero-order chi connectivity index (χ0) is 17.1. The third-order valence-corrected chi connectivity index (χ3v) is 3.77. The predicted molar refractivity (Wildman–Crippen MR) is 89.5 cm³/mol. The van der Waals surface area contributed by atoms with E-state index in [1.54, 1.807) is 23.1 Å². The molecule has 0 unspecified atom stereocenters. The van der Waals surface area contributed by atoms with Crippen LogP contribution >= 0.6 is 0 Å². The molecule has 0 saturated carbocycles. The summed E-state index contributed by atoms with van der Waals surface area (Å²) in [5.74, 6) is -0.400. The zero-order valence-corrected chi connectivity index (χ0v) is 14.1. The molecular weight excluding hydrogens is 295 g/mol. The number of halogens is 1. The Labute approximate surface area is 138 Å². The van der Waals surface area contributed by atoms with E-state index in [0.29, 0.717) is 31.6 Å². The van der Waals surface area contributed by atoms with E-state index >= 15 is 0 Å². The summed E-state index contributed by atoms with van der Waals surface area (Å²) < 4.78 is 13.6. The van der Waals surface area contributed by atoms with Crippen LogP contribution in [0.2, 0.25) is 0 Å². The first-order chi connectivity index (χ1) is 11.0. The van der Waals surface area contributed by atoms with Crippen molar-refractivity contribution >= 4 is 11.8 Å². The Bertz CT molecular complexity index is 506. The van der Waals surface area contributed by atoms with E-state index < -0.39 is 0 Å². The fraction of sp³-hybridized carbons (Fsp3) is 0.556. The van der Waals surface area contributed by atoms with Crippen LogP contribution in [0.25, 0.3) is 0 Å². The number of hydrogen-bond acceptors (Lipinski definition) is 2. The molecule has 0 aliphatic heterocycles. The first kappa shape index (κ1) is 19.1. The van der Waals surface area contributed by atoms with Gasteiger partial charge in [0.1, 0.15) is 5.82 Å². The van der Waals surface area contributed by atoms with E-state index in [1.807, 2.05) is 0 Å². The first-order valence-electron chi connectivity index (χ1n) is 8.30. The second-order valence-corrected chi connectivity index (χ2v) is 5.65. The Hall–Kier alpha value is -1.91. The van der Waals surface area contributed by atoms with Crippen LogP contribution in [-0.4, -0.2) is 36.3 Å². The van der Waals surface area contributed by atoms with Crippen molar-refractivity contribution in [2.24, 2.45) is 0 Å². The highest BCUT2D eigenvalue weighted by molar-refractivity contribution is 5.77. The smallest absolute Gasteiger partial charge is 0.221 e. The highest BCUT2D eigenvalue weighted by Gasteiger charge is 2.12. The van der Waals surface area contributed by atoms with Crippen molar-refractivity contribution in [2.75, 3.05) is 19.6 Å². The van der Waals surface area contributed by atoms with Gasteiger partial charge in [-0.25, -0.2) is 4.39 Å². The van der Waals surface area contributed by atoms with Gasteiger partial charge in [-0.2, -0.15) is 0 Å². The van der Waals surface area contributed by atoms with E-state index in [-0.39, 0.29) is 24.1 Å². The first-order valence-corrected chi connectivity index (χ1v) is 8.30. The van der Waals surface area contributed by atoms with Gasteiger partial charge in [-0.05, 0) is 24.5 Å². The second-order valence-electron chi connectivity index (χ2n) is 5.65. The summed E-state index contributed by atoms with van der Waals surface area (Å²) in [6.45, 7) is 5.05. The maximum Gasteiger partial charge on any atom is 0.221 e. The number of amides is 2. The molecule has 0 atom stereocenters. The van der Waals surface area contributed by atoms with Crippen LogP contribution in [-0.2, 0) is 16.0 Å². The van der Waals surface area contributed by atoms with E-state index in [1.165, 1.54) is 13.0 Å². The molecule has 1 rings (SSSR count). The van der Waals surface area contributed by atoms with E-state index in [4.69, 9.17) is 0 Å². The number of nitrogens with zero attached hydrogens (tertiary/aromatic N) is 1. The summed E-state index contributed by atoms with van der Waals surface area (Å²) in [4.78, 5) is 25.0. The number of carbonyl (C=O) groups is 2. The molecule has 1 N–H and O–H groups in total. The third-order valence-electron chi connectivity index (χ3n) is 3.77. The molecule has 1 aromatic carbocycles. The van der Waals surface area contributed by atoms with Crippen molar-refractivity contribution in [1.82, 2.24) is 10.2 Å². The van der Waals surface area contributed by atoms with E-state index in [2.05, 4.69) is 12.2 Å². The van der Waals surface area contributed by atoms with Gasteiger partial charge in [-0.1, -0.05) is 38.0 Å². The lowest BCUT2D eigenvalue weighted by molar-refractivity contribution is -0.129. The lowest BCUT2D eigenvalue weighted by Crippen LogP contribution is -2.35. The van der Waals surface area contributed by atoms with Crippen molar-refractivity contribution < 1.29 is 14.0 Å². The van der Waals surface area contributed by atoms with Crippen LogP contribution in [0.5, 0.6) is 0 Å². The van der Waals surface area contributed by atoms with Crippen LogP contribution < -0.4 is 5.32 Å². The SMILES string of the molecule is CCCCCNC(=O)CCN(CCc1ccccc1F)C(C)=O. The molecule has 0 spiro atoms. The van der Waals surface area contributed by atoms with Crippen LogP contribution in [0.1, 0.15) is 45.1 Å². The Morgan fingerprint density at radius 1 is 1.17 bits per heavy atom. The van der Waals surface area contributed by atoms with Gasteiger partial charge in [0.25, 0.3) is 0 Å². The van der Waals surface area contributed by atoms with Gasteiger partial charge in [0.15, 0.2) is 0 Å². The molecule has 5 heteroatoms. The van der Waals surface area contributed by atoms with Gasteiger partial charge in [0, 0.05) is 33.0 Å². The highest BCUT2D eigenvalue weighted by atomic mass is 19.1. The molecule has 0 bridgehead atoms. The number of hydrogen-bond donors (Lipinski definition) is 1. The predicted octanol–water partition coefficient (Wildman–Crippen LogP) is 2.91. The molecule has 0 saturated heterocycles. The average Bonchev–Trinajstić information content (AvgIpc) is 2.52. The minimum Gasteiger partial charge on any atom is -0.356 e. The standard InChI is InChI=1S/C18H27FN2O2/c1-3-4-7-12-20-18(23)11-14-21(15(2)22)13-10-16-8-5-6-9-17(16)19/h5-6,8-9H,3-4,7,10-14H2,1-2H3,(H,20,23). The lowest BCUT2D eigenvalue weighted by Gasteiger charge is -2.21. The quantitative estimate of drug-likeness (QED) is 0.673. The van der Waals surface area contributed by atoms with Crippen molar-refractivity contribution in [1.29, 1.82) is 0 Å². The molecule has 23 heavy (non-hydrogen) atoms.